The van der Waals surface area contributed by atoms with Gasteiger partial charge in [0, 0.05) is 19.5 Å². The quantitative estimate of drug-likeness (QED) is 0.607. The summed E-state index contributed by atoms with van der Waals surface area (Å²) >= 11 is 0. The van der Waals surface area contributed by atoms with Crippen LogP contribution >= 0.6 is 0 Å². The van der Waals surface area contributed by atoms with Crippen LogP contribution in [0.2, 0.25) is 0 Å². The SMILES string of the molecule is COC(=O)C(N)CCNC1=NCCC1. The molecule has 0 bridgehead atoms. The first-order valence-corrected chi connectivity index (χ1v) is 4.84. The molecule has 0 aromatic rings. The molecule has 5 nitrogen and oxygen atoms in total. The summed E-state index contributed by atoms with van der Waals surface area (Å²) in [6.45, 7) is 1.58. The molecule has 0 aromatic heterocycles. The van der Waals surface area contributed by atoms with Gasteiger partial charge in [-0.15, -0.1) is 0 Å². The Morgan fingerprint density at radius 2 is 2.57 bits per heavy atom. The van der Waals surface area contributed by atoms with Gasteiger partial charge in [0.05, 0.1) is 12.9 Å². The van der Waals surface area contributed by atoms with E-state index in [0.29, 0.717) is 13.0 Å². The minimum absolute atomic E-state index is 0.361. The van der Waals surface area contributed by atoms with Gasteiger partial charge in [-0.05, 0) is 12.8 Å². The number of esters is 1. The van der Waals surface area contributed by atoms with Crippen LogP contribution in [-0.4, -0.2) is 38.0 Å². The molecule has 0 fully saturated rings. The Labute approximate surface area is 83.7 Å². The first kappa shape index (κ1) is 11.0. The molecule has 14 heavy (non-hydrogen) atoms. The van der Waals surface area contributed by atoms with Crippen LogP contribution in [-0.2, 0) is 9.53 Å². The van der Waals surface area contributed by atoms with Crippen LogP contribution in [0.5, 0.6) is 0 Å². The molecule has 1 aliphatic rings. The van der Waals surface area contributed by atoms with Crippen molar-refractivity contribution in [1.82, 2.24) is 5.32 Å². The van der Waals surface area contributed by atoms with Gasteiger partial charge < -0.3 is 15.8 Å². The standard InChI is InChI=1S/C9H17N3O2/c1-14-9(13)7(10)4-6-12-8-3-2-5-11-8/h7H,2-6,10H2,1H3,(H,11,12). The predicted octanol–water partition coefficient (Wildman–Crippen LogP) is -0.341. The average Bonchev–Trinajstić information content (AvgIpc) is 2.69. The van der Waals surface area contributed by atoms with Gasteiger partial charge >= 0.3 is 5.97 Å². The summed E-state index contributed by atoms with van der Waals surface area (Å²) < 4.78 is 4.51. The lowest BCUT2D eigenvalue weighted by molar-refractivity contribution is -0.142. The second-order valence-corrected chi connectivity index (χ2v) is 3.28. The van der Waals surface area contributed by atoms with E-state index in [2.05, 4.69) is 15.0 Å². The monoisotopic (exact) mass is 199 g/mol. The number of rotatable bonds is 4. The van der Waals surface area contributed by atoms with Crippen molar-refractivity contribution in [3.05, 3.63) is 0 Å². The fourth-order valence-electron chi connectivity index (χ4n) is 1.33. The van der Waals surface area contributed by atoms with Gasteiger partial charge in [-0.2, -0.15) is 0 Å². The summed E-state index contributed by atoms with van der Waals surface area (Å²) in [4.78, 5) is 15.2. The van der Waals surface area contributed by atoms with E-state index in [4.69, 9.17) is 5.73 Å². The molecule has 0 aromatic carbocycles. The fourth-order valence-corrected chi connectivity index (χ4v) is 1.33. The Bertz CT molecular complexity index is 228. The molecule has 1 heterocycles. The largest absolute Gasteiger partial charge is 0.468 e. The lowest BCUT2D eigenvalue weighted by Gasteiger charge is -2.10. The van der Waals surface area contributed by atoms with E-state index in [1.54, 1.807) is 0 Å². The minimum atomic E-state index is -0.533. The number of aliphatic imine (C=N–C) groups is 1. The van der Waals surface area contributed by atoms with Gasteiger partial charge in [0.25, 0.3) is 0 Å². The van der Waals surface area contributed by atoms with Crippen molar-refractivity contribution >= 4 is 11.8 Å². The van der Waals surface area contributed by atoms with Crippen molar-refractivity contribution < 1.29 is 9.53 Å². The third-order valence-electron chi connectivity index (χ3n) is 2.16. The van der Waals surface area contributed by atoms with Gasteiger partial charge in [0.2, 0.25) is 0 Å². The third-order valence-corrected chi connectivity index (χ3v) is 2.16. The number of nitrogens with two attached hydrogens (primary N) is 1. The van der Waals surface area contributed by atoms with Crippen molar-refractivity contribution in [3.8, 4) is 0 Å². The van der Waals surface area contributed by atoms with Crippen LogP contribution in [0.4, 0.5) is 0 Å². The van der Waals surface area contributed by atoms with Crippen LogP contribution in [0, 0.1) is 0 Å². The highest BCUT2D eigenvalue weighted by Crippen LogP contribution is 2.01. The summed E-state index contributed by atoms with van der Waals surface area (Å²) in [6, 6.07) is -0.533. The van der Waals surface area contributed by atoms with E-state index in [1.807, 2.05) is 0 Å². The van der Waals surface area contributed by atoms with E-state index in [1.165, 1.54) is 7.11 Å². The fraction of sp³-hybridized carbons (Fsp3) is 0.778. The molecule has 0 spiro atoms. The van der Waals surface area contributed by atoms with E-state index in [0.717, 1.165) is 25.2 Å². The van der Waals surface area contributed by atoms with Crippen LogP contribution < -0.4 is 11.1 Å². The zero-order valence-electron chi connectivity index (χ0n) is 8.45. The topological polar surface area (TPSA) is 76.7 Å². The molecule has 0 aliphatic carbocycles. The van der Waals surface area contributed by atoms with Crippen LogP contribution in [0.15, 0.2) is 4.99 Å². The maximum atomic E-state index is 10.9. The Balaban J connectivity index is 2.11. The lowest BCUT2D eigenvalue weighted by atomic mass is 10.2. The molecule has 0 saturated heterocycles. The lowest BCUT2D eigenvalue weighted by Crippen LogP contribution is -2.36. The predicted molar refractivity (Wildman–Crippen MR) is 54.1 cm³/mol. The van der Waals surface area contributed by atoms with Gasteiger partial charge in [-0.3, -0.25) is 9.79 Å². The van der Waals surface area contributed by atoms with Crippen molar-refractivity contribution in [3.63, 3.8) is 0 Å². The van der Waals surface area contributed by atoms with Crippen molar-refractivity contribution in [1.29, 1.82) is 0 Å². The Morgan fingerprint density at radius 3 is 3.14 bits per heavy atom. The molecule has 3 N–H and O–H groups in total. The van der Waals surface area contributed by atoms with Gasteiger partial charge in [0.1, 0.15) is 6.04 Å². The van der Waals surface area contributed by atoms with E-state index < -0.39 is 6.04 Å². The molecule has 0 amide bonds. The highest BCUT2D eigenvalue weighted by molar-refractivity contribution is 5.83. The summed E-state index contributed by atoms with van der Waals surface area (Å²) in [5.74, 6) is 0.669. The zero-order chi connectivity index (χ0) is 10.4. The molecule has 1 aliphatic heterocycles. The summed E-state index contributed by atoms with van der Waals surface area (Å²) in [7, 11) is 1.34. The Hall–Kier alpha value is -1.10. The summed E-state index contributed by atoms with van der Waals surface area (Å²) in [5.41, 5.74) is 5.56. The number of methoxy groups -OCH3 is 1. The van der Waals surface area contributed by atoms with Crippen molar-refractivity contribution in [2.24, 2.45) is 10.7 Å². The maximum Gasteiger partial charge on any atom is 0.322 e. The minimum Gasteiger partial charge on any atom is -0.468 e. The second-order valence-electron chi connectivity index (χ2n) is 3.28. The number of amidine groups is 1. The molecule has 5 heteroatoms. The average molecular weight is 199 g/mol. The van der Waals surface area contributed by atoms with Gasteiger partial charge in [-0.1, -0.05) is 0 Å². The first-order chi connectivity index (χ1) is 6.74. The summed E-state index contributed by atoms with van der Waals surface area (Å²) in [6.07, 6.45) is 2.70. The Morgan fingerprint density at radius 1 is 1.79 bits per heavy atom. The normalized spacial score (nSPS) is 17.4. The zero-order valence-corrected chi connectivity index (χ0v) is 8.45. The number of carbonyl (C=O) groups excluding carboxylic acids is 1. The van der Waals surface area contributed by atoms with E-state index in [9.17, 15) is 4.79 Å². The molecule has 1 atom stereocenters. The summed E-state index contributed by atoms with van der Waals surface area (Å²) in [5, 5.41) is 3.15. The number of nitrogens with one attached hydrogen (secondary N) is 1. The number of hydrogen-bond donors (Lipinski definition) is 2. The van der Waals surface area contributed by atoms with Crippen LogP contribution in [0.3, 0.4) is 0 Å². The molecule has 1 rings (SSSR count). The Kier molecular flexibility index (Phi) is 4.39. The first-order valence-electron chi connectivity index (χ1n) is 4.84. The molecular formula is C9H17N3O2. The highest BCUT2D eigenvalue weighted by Gasteiger charge is 2.13. The number of carbonyl (C=O) groups is 1. The van der Waals surface area contributed by atoms with Crippen LogP contribution in [0.1, 0.15) is 19.3 Å². The van der Waals surface area contributed by atoms with E-state index >= 15 is 0 Å². The van der Waals surface area contributed by atoms with Gasteiger partial charge in [-0.25, -0.2) is 0 Å². The van der Waals surface area contributed by atoms with Crippen LogP contribution in [0.25, 0.3) is 0 Å². The highest BCUT2D eigenvalue weighted by atomic mass is 16.5. The molecule has 1 unspecified atom stereocenters. The number of nitrogens with zero attached hydrogens (tertiary/aromatic N) is 1. The number of ether oxygens (including phenoxy) is 1. The molecule has 0 saturated carbocycles. The molecular weight excluding hydrogens is 182 g/mol. The molecule has 0 radical (unpaired) electrons. The van der Waals surface area contributed by atoms with Gasteiger partial charge in [0.15, 0.2) is 0 Å². The third kappa shape index (κ3) is 3.33. The van der Waals surface area contributed by atoms with Crippen molar-refractivity contribution in [2.75, 3.05) is 20.2 Å². The maximum absolute atomic E-state index is 10.9. The second kappa shape index (κ2) is 5.59. The van der Waals surface area contributed by atoms with E-state index in [-0.39, 0.29) is 5.97 Å². The number of hydrogen-bond acceptors (Lipinski definition) is 5. The smallest absolute Gasteiger partial charge is 0.322 e. The molecule has 80 valence electrons. The van der Waals surface area contributed by atoms with Crippen molar-refractivity contribution in [2.45, 2.75) is 25.3 Å².